The van der Waals surface area contributed by atoms with Crippen molar-refractivity contribution in [2.75, 3.05) is 13.1 Å². The molecule has 0 spiro atoms. The average Bonchev–Trinajstić information content (AvgIpc) is 1.99. The van der Waals surface area contributed by atoms with Crippen LogP contribution < -0.4 is 5.32 Å². The van der Waals surface area contributed by atoms with Crippen LogP contribution in [0.25, 0.3) is 0 Å². The highest BCUT2D eigenvalue weighted by atomic mass is 16.4. The summed E-state index contributed by atoms with van der Waals surface area (Å²) in [6.45, 7) is 3.50. The van der Waals surface area contributed by atoms with Crippen LogP contribution in [-0.4, -0.2) is 30.3 Å². The highest BCUT2D eigenvalue weighted by Crippen LogP contribution is 1.79. The van der Waals surface area contributed by atoms with E-state index in [4.69, 9.17) is 5.21 Å². The number of carbonyl (C=O) groups excluding carboxylic acids is 1. The summed E-state index contributed by atoms with van der Waals surface area (Å²) in [5.74, 6) is 0. The molecule has 0 unspecified atom stereocenters. The van der Waals surface area contributed by atoms with Crippen molar-refractivity contribution < 1.29 is 10.0 Å². The molecule has 0 aliphatic carbocycles. The minimum absolute atomic E-state index is 0.181. The minimum atomic E-state index is 0.181. The summed E-state index contributed by atoms with van der Waals surface area (Å²) in [7, 11) is 0. The van der Waals surface area contributed by atoms with Crippen molar-refractivity contribution in [1.82, 2.24) is 5.32 Å². The quantitative estimate of drug-likeness (QED) is 0.188. The predicted molar refractivity (Wildman–Crippen MR) is 38.4 cm³/mol. The highest BCUT2D eigenvalue weighted by Gasteiger charge is 1.94. The van der Waals surface area contributed by atoms with Gasteiger partial charge >= 0.3 is 0 Å². The first-order valence-electron chi connectivity index (χ1n) is 3.22. The van der Waals surface area contributed by atoms with Gasteiger partial charge in [-0.15, -0.1) is 0 Å². The second kappa shape index (κ2) is 6.22. The van der Waals surface area contributed by atoms with E-state index in [1.807, 2.05) is 6.92 Å². The summed E-state index contributed by atoms with van der Waals surface area (Å²) in [5.41, 5.74) is 0.181. The first kappa shape index (κ1) is 9.10. The molecule has 10 heavy (non-hydrogen) atoms. The molecular formula is C6H12N2O2. The third-order valence-corrected chi connectivity index (χ3v) is 1.07. The van der Waals surface area contributed by atoms with Crippen LogP contribution in [0.1, 0.15) is 13.3 Å². The molecule has 58 valence electrons. The minimum Gasteiger partial charge on any atom is -0.411 e. The van der Waals surface area contributed by atoms with E-state index in [2.05, 4.69) is 10.5 Å². The number of nitrogens with one attached hydrogen (secondary N) is 1. The Labute approximate surface area is 59.9 Å². The molecule has 0 aromatic rings. The zero-order valence-electron chi connectivity index (χ0n) is 6.00. The molecule has 0 aliphatic rings. The Hall–Kier alpha value is -0.900. The number of nitrogens with zero attached hydrogens (tertiary/aromatic N) is 1. The van der Waals surface area contributed by atoms with Gasteiger partial charge in [-0.2, -0.15) is 0 Å². The van der Waals surface area contributed by atoms with Crippen LogP contribution in [0.2, 0.25) is 0 Å². The van der Waals surface area contributed by atoms with Gasteiger partial charge in [0.1, 0.15) is 5.71 Å². The zero-order chi connectivity index (χ0) is 7.82. The smallest absolute Gasteiger partial charge is 0.167 e. The molecule has 0 aromatic heterocycles. The molecule has 0 saturated carbocycles. The molecule has 4 nitrogen and oxygen atoms in total. The lowest BCUT2D eigenvalue weighted by molar-refractivity contribution is -0.102. The maximum atomic E-state index is 10.0. The molecule has 0 amide bonds. The van der Waals surface area contributed by atoms with Crippen molar-refractivity contribution in [3.8, 4) is 0 Å². The molecule has 0 aromatic carbocycles. The summed E-state index contributed by atoms with van der Waals surface area (Å²) in [4.78, 5) is 10.0. The van der Waals surface area contributed by atoms with E-state index in [0.717, 1.165) is 6.54 Å². The number of carbonyl (C=O) groups is 1. The van der Waals surface area contributed by atoms with Gasteiger partial charge in [0.25, 0.3) is 0 Å². The number of hydrogen-bond acceptors (Lipinski definition) is 4. The standard InChI is InChI=1S/C6H12N2O2/c1-2-7-4-3-6(5-9)8-10/h5,7,10H,2-4H2,1H3. The Balaban J connectivity index is 3.36. The Morgan fingerprint density at radius 1 is 1.80 bits per heavy atom. The van der Waals surface area contributed by atoms with Crippen LogP contribution in [0, 0.1) is 0 Å². The van der Waals surface area contributed by atoms with Gasteiger partial charge in [-0.3, -0.25) is 4.79 Å². The van der Waals surface area contributed by atoms with E-state index in [1.165, 1.54) is 0 Å². The van der Waals surface area contributed by atoms with Gasteiger partial charge in [0.05, 0.1) is 0 Å². The fourth-order valence-corrected chi connectivity index (χ4v) is 0.526. The Morgan fingerprint density at radius 2 is 2.50 bits per heavy atom. The number of aldehydes is 1. The van der Waals surface area contributed by atoms with Crippen LogP contribution in [0.5, 0.6) is 0 Å². The lowest BCUT2D eigenvalue weighted by Gasteiger charge is -1.96. The van der Waals surface area contributed by atoms with Crippen molar-refractivity contribution in [3.63, 3.8) is 0 Å². The van der Waals surface area contributed by atoms with Crippen molar-refractivity contribution in [2.45, 2.75) is 13.3 Å². The Bertz CT molecular complexity index is 123. The van der Waals surface area contributed by atoms with E-state index >= 15 is 0 Å². The third kappa shape index (κ3) is 4.03. The van der Waals surface area contributed by atoms with Gasteiger partial charge in [-0.1, -0.05) is 12.1 Å². The van der Waals surface area contributed by atoms with Gasteiger partial charge < -0.3 is 10.5 Å². The molecule has 0 radical (unpaired) electrons. The molecule has 0 heterocycles. The van der Waals surface area contributed by atoms with Crippen LogP contribution in [0.15, 0.2) is 5.16 Å². The summed E-state index contributed by atoms with van der Waals surface area (Å²) in [6.07, 6.45) is 1.03. The summed E-state index contributed by atoms with van der Waals surface area (Å²) >= 11 is 0. The Kier molecular flexibility index (Phi) is 5.66. The molecule has 0 atom stereocenters. The monoisotopic (exact) mass is 144 g/mol. The van der Waals surface area contributed by atoms with E-state index in [-0.39, 0.29) is 5.71 Å². The first-order chi connectivity index (χ1) is 4.85. The zero-order valence-corrected chi connectivity index (χ0v) is 6.00. The highest BCUT2D eigenvalue weighted by molar-refractivity contribution is 6.28. The van der Waals surface area contributed by atoms with E-state index in [1.54, 1.807) is 0 Å². The molecule has 0 aliphatic heterocycles. The van der Waals surface area contributed by atoms with Gasteiger partial charge in [0, 0.05) is 13.0 Å². The van der Waals surface area contributed by atoms with Gasteiger partial charge in [0.2, 0.25) is 0 Å². The summed E-state index contributed by atoms with van der Waals surface area (Å²) in [6, 6.07) is 0. The largest absolute Gasteiger partial charge is 0.411 e. The Morgan fingerprint density at radius 3 is 2.90 bits per heavy atom. The van der Waals surface area contributed by atoms with Crippen molar-refractivity contribution in [1.29, 1.82) is 0 Å². The number of rotatable bonds is 5. The molecule has 0 bridgehead atoms. The van der Waals surface area contributed by atoms with Gasteiger partial charge in [0.15, 0.2) is 6.29 Å². The SMILES string of the molecule is CCNCCC(C=O)=NO. The van der Waals surface area contributed by atoms with Crippen molar-refractivity contribution in [3.05, 3.63) is 0 Å². The fourth-order valence-electron chi connectivity index (χ4n) is 0.526. The molecule has 0 saturated heterocycles. The van der Waals surface area contributed by atoms with E-state index < -0.39 is 0 Å². The molecule has 4 heteroatoms. The molecule has 2 N–H and O–H groups in total. The van der Waals surface area contributed by atoms with Gasteiger partial charge in [-0.05, 0) is 6.54 Å². The third-order valence-electron chi connectivity index (χ3n) is 1.07. The summed E-state index contributed by atoms with van der Waals surface area (Å²) < 4.78 is 0. The molecule has 0 fully saturated rings. The van der Waals surface area contributed by atoms with Crippen LogP contribution in [0.3, 0.4) is 0 Å². The fraction of sp³-hybridized carbons (Fsp3) is 0.667. The second-order valence-electron chi connectivity index (χ2n) is 1.81. The molecular weight excluding hydrogens is 132 g/mol. The second-order valence-corrected chi connectivity index (χ2v) is 1.81. The van der Waals surface area contributed by atoms with Crippen LogP contribution in [0.4, 0.5) is 0 Å². The van der Waals surface area contributed by atoms with Crippen LogP contribution >= 0.6 is 0 Å². The first-order valence-corrected chi connectivity index (χ1v) is 3.22. The van der Waals surface area contributed by atoms with Crippen LogP contribution in [-0.2, 0) is 4.79 Å². The predicted octanol–water partition coefficient (Wildman–Crippen LogP) is 0.0151. The van der Waals surface area contributed by atoms with E-state index in [9.17, 15) is 4.79 Å². The summed E-state index contributed by atoms with van der Waals surface area (Å²) in [5, 5.41) is 13.9. The maximum absolute atomic E-state index is 10.0. The lowest BCUT2D eigenvalue weighted by atomic mass is 10.3. The van der Waals surface area contributed by atoms with Gasteiger partial charge in [-0.25, -0.2) is 0 Å². The van der Waals surface area contributed by atoms with Crippen molar-refractivity contribution in [2.24, 2.45) is 5.16 Å². The maximum Gasteiger partial charge on any atom is 0.167 e. The van der Waals surface area contributed by atoms with Crippen molar-refractivity contribution >= 4 is 12.0 Å². The number of oxime groups is 1. The lowest BCUT2D eigenvalue weighted by Crippen LogP contribution is -2.17. The average molecular weight is 144 g/mol. The molecule has 0 rings (SSSR count). The normalized spacial score (nSPS) is 11.5. The topological polar surface area (TPSA) is 61.7 Å². The number of hydrogen-bond donors (Lipinski definition) is 2. The van der Waals surface area contributed by atoms with E-state index in [0.29, 0.717) is 19.3 Å².